The number of carbonyl (C=O) groups excluding carboxylic acids is 1. The van der Waals surface area contributed by atoms with Gasteiger partial charge < -0.3 is 10.2 Å². The van der Waals surface area contributed by atoms with E-state index in [9.17, 15) is 4.79 Å². The molecule has 1 amide bonds. The number of benzene rings is 1. The first-order valence-electron chi connectivity index (χ1n) is 10.2. The third-order valence-corrected chi connectivity index (χ3v) is 6.40. The van der Waals surface area contributed by atoms with Crippen LogP contribution in [-0.4, -0.2) is 54.5 Å². The van der Waals surface area contributed by atoms with Crippen LogP contribution in [0.3, 0.4) is 0 Å². The Balaban J connectivity index is 1.21. The van der Waals surface area contributed by atoms with Gasteiger partial charge >= 0.3 is 0 Å². The van der Waals surface area contributed by atoms with Crippen molar-refractivity contribution in [2.24, 2.45) is 11.8 Å². The van der Waals surface area contributed by atoms with Crippen molar-refractivity contribution in [3.8, 4) is 0 Å². The van der Waals surface area contributed by atoms with Gasteiger partial charge in [-0.1, -0.05) is 17.7 Å². The van der Waals surface area contributed by atoms with E-state index in [0.29, 0.717) is 11.9 Å². The number of hydrogen-bond acceptors (Lipinski definition) is 3. The van der Waals surface area contributed by atoms with Crippen molar-refractivity contribution in [2.45, 2.75) is 44.6 Å². The normalized spacial score (nSPS) is 27.3. The first kappa shape index (κ1) is 18.1. The van der Waals surface area contributed by atoms with Crippen LogP contribution in [0.15, 0.2) is 24.3 Å². The molecule has 0 bridgehead atoms. The van der Waals surface area contributed by atoms with E-state index < -0.39 is 0 Å². The van der Waals surface area contributed by atoms with Gasteiger partial charge in [-0.2, -0.15) is 0 Å². The highest BCUT2D eigenvalue weighted by Crippen LogP contribution is 2.31. The number of anilines is 1. The Hall–Kier alpha value is -1.26. The Morgan fingerprint density at radius 3 is 2.42 bits per heavy atom. The second-order valence-electron chi connectivity index (χ2n) is 8.27. The zero-order valence-electron chi connectivity index (χ0n) is 15.5. The molecule has 0 aromatic heterocycles. The van der Waals surface area contributed by atoms with Crippen LogP contribution in [0.4, 0.5) is 5.69 Å². The fraction of sp³-hybridized carbons (Fsp3) is 0.667. The predicted octanol–water partition coefficient (Wildman–Crippen LogP) is 3.86. The summed E-state index contributed by atoms with van der Waals surface area (Å²) >= 11 is 6.06. The Kier molecular flexibility index (Phi) is 5.70. The molecule has 5 heteroatoms. The quantitative estimate of drug-likeness (QED) is 0.848. The van der Waals surface area contributed by atoms with Gasteiger partial charge in [-0.15, -0.1) is 0 Å². The lowest BCUT2D eigenvalue weighted by molar-refractivity contribution is -0.138. The minimum absolute atomic E-state index is 0.224. The standard InChI is InChI=1S/C21H30ClN3O/c22-18-2-1-3-20(14-18)23-19-8-6-17(7-9-19)21(26)25-12-10-24(11-13-25)15-16-4-5-16/h1-3,14,16-17,19,23H,4-13,15H2/t17-,19+. The third-order valence-electron chi connectivity index (χ3n) is 6.17. The second-order valence-corrected chi connectivity index (χ2v) is 8.71. The lowest BCUT2D eigenvalue weighted by Gasteiger charge is -2.38. The predicted molar refractivity (Wildman–Crippen MR) is 107 cm³/mol. The highest BCUT2D eigenvalue weighted by molar-refractivity contribution is 6.30. The summed E-state index contributed by atoms with van der Waals surface area (Å²) in [5.74, 6) is 1.57. The van der Waals surface area contributed by atoms with Crippen LogP contribution in [-0.2, 0) is 4.79 Å². The van der Waals surface area contributed by atoms with Gasteiger partial charge in [-0.25, -0.2) is 0 Å². The van der Waals surface area contributed by atoms with E-state index >= 15 is 0 Å². The number of rotatable bonds is 5. The van der Waals surface area contributed by atoms with Crippen LogP contribution in [0.25, 0.3) is 0 Å². The van der Waals surface area contributed by atoms with E-state index in [1.165, 1.54) is 19.4 Å². The summed E-state index contributed by atoms with van der Waals surface area (Å²) in [7, 11) is 0. The topological polar surface area (TPSA) is 35.6 Å². The number of piperazine rings is 1. The molecule has 3 aliphatic rings. The number of carbonyl (C=O) groups is 1. The van der Waals surface area contributed by atoms with E-state index in [0.717, 1.165) is 68.5 Å². The first-order chi connectivity index (χ1) is 12.7. The number of nitrogens with one attached hydrogen (secondary N) is 1. The summed E-state index contributed by atoms with van der Waals surface area (Å²) in [6.07, 6.45) is 6.94. The average Bonchev–Trinajstić information content (AvgIpc) is 3.47. The highest BCUT2D eigenvalue weighted by atomic mass is 35.5. The average molecular weight is 376 g/mol. The molecule has 3 fully saturated rings. The minimum Gasteiger partial charge on any atom is -0.382 e. The lowest BCUT2D eigenvalue weighted by atomic mass is 9.85. The van der Waals surface area contributed by atoms with Crippen molar-refractivity contribution in [1.82, 2.24) is 9.80 Å². The molecule has 1 aromatic carbocycles. The van der Waals surface area contributed by atoms with Crippen molar-refractivity contribution in [3.05, 3.63) is 29.3 Å². The molecule has 0 spiro atoms. The molecule has 1 saturated heterocycles. The van der Waals surface area contributed by atoms with Crippen molar-refractivity contribution in [3.63, 3.8) is 0 Å². The maximum absolute atomic E-state index is 12.9. The van der Waals surface area contributed by atoms with Gasteiger partial charge in [-0.3, -0.25) is 9.69 Å². The molecule has 0 atom stereocenters. The first-order valence-corrected chi connectivity index (χ1v) is 10.6. The molecule has 0 radical (unpaired) electrons. The van der Waals surface area contributed by atoms with E-state index in [4.69, 9.17) is 11.6 Å². The molecule has 1 aromatic rings. The summed E-state index contributed by atoms with van der Waals surface area (Å²) in [4.78, 5) is 17.5. The summed E-state index contributed by atoms with van der Waals surface area (Å²) in [5.41, 5.74) is 1.08. The van der Waals surface area contributed by atoms with Crippen LogP contribution in [0.1, 0.15) is 38.5 Å². The lowest BCUT2D eigenvalue weighted by Crippen LogP contribution is -2.51. The molecular weight excluding hydrogens is 346 g/mol. The smallest absolute Gasteiger partial charge is 0.225 e. The molecular formula is C21H30ClN3O. The van der Waals surface area contributed by atoms with Crippen molar-refractivity contribution in [2.75, 3.05) is 38.0 Å². The summed E-state index contributed by atoms with van der Waals surface area (Å²) in [6, 6.07) is 8.35. The zero-order valence-corrected chi connectivity index (χ0v) is 16.3. The fourth-order valence-electron chi connectivity index (χ4n) is 4.37. The Bertz CT molecular complexity index is 617. The van der Waals surface area contributed by atoms with Crippen LogP contribution in [0, 0.1) is 11.8 Å². The number of amides is 1. The van der Waals surface area contributed by atoms with E-state index in [2.05, 4.69) is 21.2 Å². The second kappa shape index (κ2) is 8.18. The van der Waals surface area contributed by atoms with Crippen molar-refractivity contribution in [1.29, 1.82) is 0 Å². The molecule has 2 saturated carbocycles. The maximum atomic E-state index is 12.9. The summed E-state index contributed by atoms with van der Waals surface area (Å²) in [6.45, 7) is 5.22. The molecule has 4 nitrogen and oxygen atoms in total. The Morgan fingerprint density at radius 1 is 1.04 bits per heavy atom. The van der Waals surface area contributed by atoms with Gasteiger partial charge in [0.25, 0.3) is 0 Å². The SMILES string of the molecule is O=C([C@H]1CC[C@@H](Nc2cccc(Cl)c2)CC1)N1CCN(CC2CC2)CC1. The molecule has 0 unspecified atom stereocenters. The summed E-state index contributed by atoms with van der Waals surface area (Å²) < 4.78 is 0. The molecule has 1 heterocycles. The fourth-order valence-corrected chi connectivity index (χ4v) is 4.56. The van der Waals surface area contributed by atoms with Gasteiger partial charge in [0.15, 0.2) is 0 Å². The maximum Gasteiger partial charge on any atom is 0.225 e. The van der Waals surface area contributed by atoms with Gasteiger partial charge in [-0.05, 0) is 62.6 Å². The number of nitrogens with zero attached hydrogens (tertiary/aromatic N) is 2. The molecule has 1 aliphatic heterocycles. The zero-order chi connectivity index (χ0) is 17.9. The van der Waals surface area contributed by atoms with Crippen molar-refractivity contribution >= 4 is 23.2 Å². The van der Waals surface area contributed by atoms with Gasteiger partial charge in [0.2, 0.25) is 5.91 Å². The van der Waals surface area contributed by atoms with Crippen LogP contribution >= 0.6 is 11.6 Å². The Morgan fingerprint density at radius 2 is 1.77 bits per heavy atom. The summed E-state index contributed by atoms with van der Waals surface area (Å²) in [5, 5.41) is 4.34. The monoisotopic (exact) mass is 375 g/mol. The minimum atomic E-state index is 0.224. The highest BCUT2D eigenvalue weighted by Gasteiger charge is 2.32. The van der Waals surface area contributed by atoms with Crippen LogP contribution in [0.2, 0.25) is 5.02 Å². The third kappa shape index (κ3) is 4.72. The van der Waals surface area contributed by atoms with E-state index in [-0.39, 0.29) is 5.92 Å². The van der Waals surface area contributed by atoms with Crippen LogP contribution < -0.4 is 5.32 Å². The molecule has 26 heavy (non-hydrogen) atoms. The van der Waals surface area contributed by atoms with E-state index in [1.54, 1.807) is 0 Å². The molecule has 142 valence electrons. The van der Waals surface area contributed by atoms with E-state index in [1.807, 2.05) is 18.2 Å². The largest absolute Gasteiger partial charge is 0.382 e. The van der Waals surface area contributed by atoms with Gasteiger partial charge in [0, 0.05) is 55.4 Å². The molecule has 2 aliphatic carbocycles. The van der Waals surface area contributed by atoms with Gasteiger partial charge in [0.1, 0.15) is 0 Å². The van der Waals surface area contributed by atoms with Crippen LogP contribution in [0.5, 0.6) is 0 Å². The number of hydrogen-bond donors (Lipinski definition) is 1. The number of halogens is 1. The van der Waals surface area contributed by atoms with Gasteiger partial charge in [0.05, 0.1) is 0 Å². The Labute approximate surface area is 161 Å². The van der Waals surface area contributed by atoms with Crippen molar-refractivity contribution < 1.29 is 4.79 Å². The molecule has 1 N–H and O–H groups in total. The molecule has 4 rings (SSSR count).